The molecule has 3 heteroatoms. The van der Waals surface area contributed by atoms with Crippen LogP contribution in [0.2, 0.25) is 0 Å². The fourth-order valence-corrected chi connectivity index (χ4v) is 1.70. The van der Waals surface area contributed by atoms with Crippen LogP contribution in [-0.2, 0) is 14.4 Å². The molecule has 0 bridgehead atoms. The number of hydrogen-bond acceptors (Lipinski definition) is 3. The normalized spacial score (nSPS) is 21.5. The van der Waals surface area contributed by atoms with Gasteiger partial charge >= 0.3 is 0 Å². The van der Waals surface area contributed by atoms with Crippen LogP contribution in [0.3, 0.4) is 0 Å². The number of ketones is 2. The third kappa shape index (κ3) is 1.97. The Labute approximate surface area is 83.2 Å². The molecule has 1 saturated carbocycles. The standard InChI is InChI=1S/C11H14O3/c1-11(7-2-3-8-12)9(13)5-4-6-10(11)14/h2-3,8H,4-7H2,1H3/b3-2+. The van der Waals surface area contributed by atoms with Crippen molar-refractivity contribution in [1.29, 1.82) is 0 Å². The second-order valence-electron chi connectivity index (χ2n) is 3.80. The van der Waals surface area contributed by atoms with Gasteiger partial charge in [0.1, 0.15) is 17.9 Å². The Bertz CT molecular complexity index is 273. The van der Waals surface area contributed by atoms with Gasteiger partial charge in [-0.15, -0.1) is 0 Å². The molecule has 0 aliphatic heterocycles. The van der Waals surface area contributed by atoms with E-state index in [0.29, 0.717) is 32.0 Å². The first-order chi connectivity index (χ1) is 6.61. The molecule has 76 valence electrons. The minimum atomic E-state index is -0.877. The molecule has 1 aliphatic rings. The van der Waals surface area contributed by atoms with Gasteiger partial charge in [0.2, 0.25) is 0 Å². The van der Waals surface area contributed by atoms with E-state index in [4.69, 9.17) is 0 Å². The Morgan fingerprint density at radius 3 is 2.36 bits per heavy atom. The summed E-state index contributed by atoms with van der Waals surface area (Å²) in [7, 11) is 0. The molecule has 0 saturated heterocycles. The van der Waals surface area contributed by atoms with Gasteiger partial charge in [-0.25, -0.2) is 0 Å². The van der Waals surface area contributed by atoms with E-state index in [0.717, 1.165) is 0 Å². The van der Waals surface area contributed by atoms with Crippen molar-refractivity contribution >= 4 is 17.9 Å². The second kappa shape index (κ2) is 4.31. The van der Waals surface area contributed by atoms with Crippen LogP contribution in [0, 0.1) is 5.41 Å². The van der Waals surface area contributed by atoms with Gasteiger partial charge in [0.25, 0.3) is 0 Å². The highest BCUT2D eigenvalue weighted by Crippen LogP contribution is 2.33. The van der Waals surface area contributed by atoms with Gasteiger partial charge in [-0.3, -0.25) is 14.4 Å². The van der Waals surface area contributed by atoms with E-state index in [1.807, 2.05) is 0 Å². The molecule has 14 heavy (non-hydrogen) atoms. The van der Waals surface area contributed by atoms with E-state index in [-0.39, 0.29) is 11.6 Å². The van der Waals surface area contributed by atoms with Gasteiger partial charge in [-0.05, 0) is 25.8 Å². The monoisotopic (exact) mass is 194 g/mol. The van der Waals surface area contributed by atoms with Gasteiger partial charge in [0.05, 0.1) is 5.41 Å². The van der Waals surface area contributed by atoms with Crippen molar-refractivity contribution in [2.24, 2.45) is 5.41 Å². The van der Waals surface area contributed by atoms with Crippen molar-refractivity contribution in [3.8, 4) is 0 Å². The highest BCUT2D eigenvalue weighted by atomic mass is 16.2. The predicted molar refractivity (Wildman–Crippen MR) is 51.8 cm³/mol. The molecule has 3 nitrogen and oxygen atoms in total. The lowest BCUT2D eigenvalue weighted by Gasteiger charge is -2.29. The minimum absolute atomic E-state index is 0.00398. The molecular formula is C11H14O3. The van der Waals surface area contributed by atoms with Gasteiger partial charge in [0.15, 0.2) is 0 Å². The largest absolute Gasteiger partial charge is 0.299 e. The van der Waals surface area contributed by atoms with E-state index in [9.17, 15) is 14.4 Å². The van der Waals surface area contributed by atoms with E-state index >= 15 is 0 Å². The lowest BCUT2D eigenvalue weighted by molar-refractivity contribution is -0.142. The summed E-state index contributed by atoms with van der Waals surface area (Å²) in [5.41, 5.74) is -0.877. The van der Waals surface area contributed by atoms with Crippen molar-refractivity contribution in [2.45, 2.75) is 32.6 Å². The molecule has 0 radical (unpaired) electrons. The summed E-state index contributed by atoms with van der Waals surface area (Å²) in [5.74, 6) is 0.00796. The molecule has 1 fully saturated rings. The maximum Gasteiger partial charge on any atom is 0.146 e. The summed E-state index contributed by atoms with van der Waals surface area (Å²) >= 11 is 0. The number of Topliss-reactive ketones (excluding diaryl/α,β-unsaturated/α-hetero) is 2. The molecule has 0 aromatic heterocycles. The zero-order chi connectivity index (χ0) is 10.6. The molecule has 0 N–H and O–H groups in total. The van der Waals surface area contributed by atoms with E-state index in [2.05, 4.69) is 0 Å². The van der Waals surface area contributed by atoms with Gasteiger partial charge in [-0.2, -0.15) is 0 Å². The molecule has 1 aliphatic carbocycles. The highest BCUT2D eigenvalue weighted by Gasteiger charge is 2.41. The first kappa shape index (κ1) is 10.8. The smallest absolute Gasteiger partial charge is 0.146 e. The summed E-state index contributed by atoms with van der Waals surface area (Å²) in [4.78, 5) is 33.2. The van der Waals surface area contributed by atoms with Crippen molar-refractivity contribution in [2.75, 3.05) is 0 Å². The van der Waals surface area contributed by atoms with Gasteiger partial charge < -0.3 is 0 Å². The van der Waals surface area contributed by atoms with Gasteiger partial charge in [0, 0.05) is 12.8 Å². The minimum Gasteiger partial charge on any atom is -0.299 e. The number of rotatable bonds is 3. The fourth-order valence-electron chi connectivity index (χ4n) is 1.70. The Morgan fingerprint density at radius 1 is 1.29 bits per heavy atom. The average molecular weight is 194 g/mol. The molecule has 0 aromatic carbocycles. The Hall–Kier alpha value is -1.25. The van der Waals surface area contributed by atoms with Crippen LogP contribution in [-0.4, -0.2) is 17.9 Å². The van der Waals surface area contributed by atoms with Crippen LogP contribution >= 0.6 is 0 Å². The summed E-state index contributed by atoms with van der Waals surface area (Å²) in [6.07, 6.45) is 5.57. The third-order valence-corrected chi connectivity index (χ3v) is 2.78. The average Bonchev–Trinajstić information content (AvgIpc) is 2.15. The highest BCUT2D eigenvalue weighted by molar-refractivity contribution is 6.08. The predicted octanol–water partition coefficient (Wildman–Crippen LogP) is 1.46. The molecular weight excluding hydrogens is 180 g/mol. The topological polar surface area (TPSA) is 51.2 Å². The summed E-state index contributed by atoms with van der Waals surface area (Å²) in [5, 5.41) is 0. The molecule has 1 rings (SSSR count). The van der Waals surface area contributed by atoms with Crippen LogP contribution < -0.4 is 0 Å². The summed E-state index contributed by atoms with van der Waals surface area (Å²) < 4.78 is 0. The Morgan fingerprint density at radius 2 is 1.86 bits per heavy atom. The quantitative estimate of drug-likeness (QED) is 0.388. The molecule has 0 spiro atoms. The van der Waals surface area contributed by atoms with E-state index < -0.39 is 5.41 Å². The molecule has 0 unspecified atom stereocenters. The number of carbonyl (C=O) groups is 3. The van der Waals surface area contributed by atoms with Crippen molar-refractivity contribution < 1.29 is 14.4 Å². The van der Waals surface area contributed by atoms with E-state index in [1.54, 1.807) is 13.0 Å². The molecule has 0 atom stereocenters. The zero-order valence-electron chi connectivity index (χ0n) is 8.29. The van der Waals surface area contributed by atoms with E-state index in [1.165, 1.54) is 6.08 Å². The Balaban J connectivity index is 2.76. The third-order valence-electron chi connectivity index (χ3n) is 2.78. The Kier molecular flexibility index (Phi) is 3.33. The molecule has 0 amide bonds. The number of carbonyl (C=O) groups excluding carboxylic acids is 3. The SMILES string of the molecule is CC1(C/C=C/C=O)C(=O)CCCC1=O. The van der Waals surface area contributed by atoms with Gasteiger partial charge in [-0.1, -0.05) is 6.08 Å². The van der Waals surface area contributed by atoms with Crippen molar-refractivity contribution in [3.63, 3.8) is 0 Å². The molecule has 0 heterocycles. The lowest BCUT2D eigenvalue weighted by Crippen LogP contribution is -2.39. The second-order valence-corrected chi connectivity index (χ2v) is 3.80. The maximum absolute atomic E-state index is 11.6. The van der Waals surface area contributed by atoms with Crippen LogP contribution in [0.25, 0.3) is 0 Å². The van der Waals surface area contributed by atoms with Crippen molar-refractivity contribution in [1.82, 2.24) is 0 Å². The maximum atomic E-state index is 11.6. The van der Waals surface area contributed by atoms with Crippen LogP contribution in [0.4, 0.5) is 0 Å². The number of aldehydes is 1. The van der Waals surface area contributed by atoms with Crippen LogP contribution in [0.5, 0.6) is 0 Å². The number of allylic oxidation sites excluding steroid dienone is 2. The van der Waals surface area contributed by atoms with Crippen molar-refractivity contribution in [3.05, 3.63) is 12.2 Å². The van der Waals surface area contributed by atoms with Crippen LogP contribution in [0.15, 0.2) is 12.2 Å². The molecule has 0 aromatic rings. The summed E-state index contributed by atoms with van der Waals surface area (Å²) in [6, 6.07) is 0. The first-order valence-electron chi connectivity index (χ1n) is 4.78. The summed E-state index contributed by atoms with van der Waals surface area (Å²) in [6.45, 7) is 1.67. The van der Waals surface area contributed by atoms with Crippen LogP contribution in [0.1, 0.15) is 32.6 Å². The lowest BCUT2D eigenvalue weighted by atomic mass is 9.71. The first-order valence-corrected chi connectivity index (χ1v) is 4.78. The fraction of sp³-hybridized carbons (Fsp3) is 0.545. The number of hydrogen-bond donors (Lipinski definition) is 0. The zero-order valence-corrected chi connectivity index (χ0v) is 8.29.